The number of hydrogen-bond donors (Lipinski definition) is 1. The van der Waals surface area contributed by atoms with Crippen molar-refractivity contribution in [2.75, 3.05) is 6.61 Å². The highest BCUT2D eigenvalue weighted by Gasteiger charge is 2.17. The van der Waals surface area contributed by atoms with E-state index in [-0.39, 0.29) is 28.5 Å². The van der Waals surface area contributed by atoms with Gasteiger partial charge in [0.05, 0.1) is 21.7 Å². The van der Waals surface area contributed by atoms with Crippen molar-refractivity contribution in [2.45, 2.75) is 18.4 Å². The lowest BCUT2D eigenvalue weighted by Crippen LogP contribution is -2.23. The number of rotatable bonds is 6. The summed E-state index contributed by atoms with van der Waals surface area (Å²) in [7, 11) is -3.93. The summed E-state index contributed by atoms with van der Waals surface area (Å²) in [6.45, 7) is 1.64. The van der Waals surface area contributed by atoms with Crippen LogP contribution >= 0.6 is 11.3 Å². The minimum atomic E-state index is -3.93. The van der Waals surface area contributed by atoms with E-state index in [2.05, 4.69) is 10.1 Å². The van der Waals surface area contributed by atoms with E-state index < -0.39 is 21.9 Å². The van der Waals surface area contributed by atoms with E-state index in [0.29, 0.717) is 16.0 Å². The molecule has 2 N–H and O–H groups in total. The Kier molecular flexibility index (Phi) is 6.22. The van der Waals surface area contributed by atoms with Crippen LogP contribution in [-0.4, -0.2) is 36.6 Å². The smallest absolute Gasteiger partial charge is 0.326 e. The van der Waals surface area contributed by atoms with E-state index in [1.54, 1.807) is 6.92 Å². The molecule has 0 atom stereocenters. The normalized spacial score (nSPS) is 12.2. The van der Waals surface area contributed by atoms with Gasteiger partial charge in [0.1, 0.15) is 6.54 Å². The van der Waals surface area contributed by atoms with Crippen LogP contribution in [0, 0.1) is 0 Å². The first-order valence-corrected chi connectivity index (χ1v) is 12.1. The van der Waals surface area contributed by atoms with Crippen molar-refractivity contribution in [1.29, 1.82) is 0 Å². The maximum Gasteiger partial charge on any atom is 0.326 e. The molecule has 10 nitrogen and oxygen atoms in total. The fourth-order valence-corrected chi connectivity index (χ4v) is 4.74. The van der Waals surface area contributed by atoms with E-state index in [1.165, 1.54) is 28.8 Å². The number of aromatic nitrogens is 2. The molecule has 0 saturated heterocycles. The molecule has 1 amide bonds. The van der Waals surface area contributed by atoms with Crippen LogP contribution < -0.4 is 9.94 Å². The standard InChI is InChI=1S/C21H18N4O6S2/c1-2-30-19(26)12-25-16-9-8-14(33(22,28)29)10-18(16)32-21(25)23-20(27)15-11-17(31-24-15)13-6-4-3-5-7-13/h3-11H,2,12H2,1H3,(H2,22,28,29). The molecule has 4 rings (SSSR count). The van der Waals surface area contributed by atoms with Crippen LogP contribution in [-0.2, 0) is 26.1 Å². The Morgan fingerprint density at radius 1 is 1.18 bits per heavy atom. The fourth-order valence-electron chi connectivity index (χ4n) is 3.06. The van der Waals surface area contributed by atoms with Gasteiger partial charge in [0.15, 0.2) is 16.3 Å². The van der Waals surface area contributed by atoms with E-state index in [1.807, 2.05) is 30.3 Å². The number of fused-ring (bicyclic) bond motifs is 1. The molecule has 2 heterocycles. The predicted molar refractivity (Wildman–Crippen MR) is 120 cm³/mol. The molecule has 0 radical (unpaired) electrons. The number of carbonyl (C=O) groups is 2. The van der Waals surface area contributed by atoms with Crippen molar-refractivity contribution >= 4 is 43.5 Å². The Labute approximate surface area is 192 Å². The van der Waals surface area contributed by atoms with Crippen molar-refractivity contribution < 1.29 is 27.3 Å². The van der Waals surface area contributed by atoms with Crippen molar-refractivity contribution in [1.82, 2.24) is 9.72 Å². The number of thiazole rings is 1. The monoisotopic (exact) mass is 486 g/mol. The van der Waals surface area contributed by atoms with Crippen LogP contribution in [0.1, 0.15) is 17.4 Å². The summed E-state index contributed by atoms with van der Waals surface area (Å²) in [4.78, 5) is 29.1. The summed E-state index contributed by atoms with van der Waals surface area (Å²) in [5.74, 6) is -0.811. The predicted octanol–water partition coefficient (Wildman–Crippen LogP) is 2.31. The summed E-state index contributed by atoms with van der Waals surface area (Å²) < 4.78 is 35.7. The van der Waals surface area contributed by atoms with Crippen LogP contribution in [0.5, 0.6) is 0 Å². The molecule has 0 bridgehead atoms. The Morgan fingerprint density at radius 3 is 2.64 bits per heavy atom. The molecule has 0 spiro atoms. The summed E-state index contributed by atoms with van der Waals surface area (Å²) in [6.07, 6.45) is 0. The molecule has 2 aromatic carbocycles. The zero-order chi connectivity index (χ0) is 23.6. The van der Waals surface area contributed by atoms with Crippen LogP contribution in [0.15, 0.2) is 69.0 Å². The van der Waals surface area contributed by atoms with Gasteiger partial charge in [0.25, 0.3) is 0 Å². The summed E-state index contributed by atoms with van der Waals surface area (Å²) in [6, 6.07) is 14.8. The fraction of sp³-hybridized carbons (Fsp3) is 0.143. The number of benzene rings is 2. The molecular weight excluding hydrogens is 468 g/mol. The number of primary sulfonamides is 1. The third kappa shape index (κ3) is 4.92. The highest BCUT2D eigenvalue weighted by atomic mass is 32.2. The van der Waals surface area contributed by atoms with Gasteiger partial charge in [-0.05, 0) is 25.1 Å². The van der Waals surface area contributed by atoms with E-state index >= 15 is 0 Å². The summed E-state index contributed by atoms with van der Waals surface area (Å²) >= 11 is 1.03. The van der Waals surface area contributed by atoms with Gasteiger partial charge in [-0.2, -0.15) is 4.99 Å². The molecule has 0 aliphatic rings. The van der Waals surface area contributed by atoms with Crippen molar-refractivity contribution in [3.8, 4) is 11.3 Å². The molecule has 33 heavy (non-hydrogen) atoms. The van der Waals surface area contributed by atoms with Gasteiger partial charge in [0, 0.05) is 11.6 Å². The molecule has 0 aliphatic carbocycles. The Balaban J connectivity index is 1.78. The van der Waals surface area contributed by atoms with Gasteiger partial charge in [-0.1, -0.05) is 46.8 Å². The maximum absolute atomic E-state index is 12.8. The zero-order valence-corrected chi connectivity index (χ0v) is 18.9. The third-order valence-corrected chi connectivity index (χ3v) is 6.51. The Bertz CT molecular complexity index is 1520. The lowest BCUT2D eigenvalue weighted by molar-refractivity contribution is -0.143. The number of hydrogen-bond acceptors (Lipinski definition) is 8. The van der Waals surface area contributed by atoms with Gasteiger partial charge in [0.2, 0.25) is 10.0 Å². The number of nitrogens with zero attached hydrogens (tertiary/aromatic N) is 3. The topological polar surface area (TPSA) is 147 Å². The van der Waals surface area contributed by atoms with E-state index in [4.69, 9.17) is 14.4 Å². The van der Waals surface area contributed by atoms with Gasteiger partial charge in [-0.15, -0.1) is 0 Å². The molecule has 0 aliphatic heterocycles. The SMILES string of the molecule is CCOC(=O)Cn1c(=NC(=O)c2cc(-c3ccccc3)on2)sc2cc(S(N)(=O)=O)ccc21. The largest absolute Gasteiger partial charge is 0.465 e. The molecule has 0 saturated carbocycles. The number of ether oxygens (including phenoxy) is 1. The Hall–Kier alpha value is -3.61. The molecule has 170 valence electrons. The zero-order valence-electron chi connectivity index (χ0n) is 17.3. The highest BCUT2D eigenvalue weighted by Crippen LogP contribution is 2.22. The summed E-state index contributed by atoms with van der Waals surface area (Å²) in [5.41, 5.74) is 1.23. The minimum Gasteiger partial charge on any atom is -0.465 e. The van der Waals surface area contributed by atoms with Gasteiger partial charge < -0.3 is 13.8 Å². The molecular formula is C21H18N4O6S2. The van der Waals surface area contributed by atoms with Crippen LogP contribution in [0.4, 0.5) is 0 Å². The maximum atomic E-state index is 12.8. The van der Waals surface area contributed by atoms with Crippen molar-refractivity contribution in [3.05, 3.63) is 65.1 Å². The lowest BCUT2D eigenvalue weighted by Gasteiger charge is -2.05. The number of esters is 1. The Morgan fingerprint density at radius 2 is 1.94 bits per heavy atom. The average molecular weight is 487 g/mol. The minimum absolute atomic E-state index is 0.0146. The second-order valence-corrected chi connectivity index (χ2v) is 9.38. The summed E-state index contributed by atoms with van der Waals surface area (Å²) in [5, 5.41) is 9.02. The first kappa shape index (κ1) is 22.6. The van der Waals surface area contributed by atoms with Gasteiger partial charge in [-0.3, -0.25) is 9.59 Å². The second kappa shape index (κ2) is 9.10. The van der Waals surface area contributed by atoms with Gasteiger partial charge >= 0.3 is 11.9 Å². The van der Waals surface area contributed by atoms with E-state index in [0.717, 1.165) is 16.9 Å². The average Bonchev–Trinajstić information content (AvgIpc) is 3.39. The number of amides is 1. The first-order valence-electron chi connectivity index (χ1n) is 9.69. The molecule has 4 aromatic rings. The highest BCUT2D eigenvalue weighted by molar-refractivity contribution is 7.89. The molecule has 0 fully saturated rings. The lowest BCUT2D eigenvalue weighted by atomic mass is 10.1. The van der Waals surface area contributed by atoms with Crippen LogP contribution in [0.25, 0.3) is 21.5 Å². The van der Waals surface area contributed by atoms with E-state index in [9.17, 15) is 18.0 Å². The number of carbonyl (C=O) groups excluding carboxylic acids is 2. The molecule has 2 aromatic heterocycles. The van der Waals surface area contributed by atoms with Crippen molar-refractivity contribution in [3.63, 3.8) is 0 Å². The van der Waals surface area contributed by atoms with Crippen LogP contribution in [0.2, 0.25) is 0 Å². The van der Waals surface area contributed by atoms with Crippen LogP contribution in [0.3, 0.4) is 0 Å². The third-order valence-electron chi connectivity index (χ3n) is 4.56. The number of nitrogens with two attached hydrogens (primary N) is 1. The molecule has 12 heteroatoms. The molecule has 0 unspecified atom stereocenters. The number of sulfonamides is 1. The quantitative estimate of drug-likeness (QED) is 0.411. The first-order chi connectivity index (χ1) is 15.8. The second-order valence-electron chi connectivity index (χ2n) is 6.81. The van der Waals surface area contributed by atoms with Crippen molar-refractivity contribution in [2.24, 2.45) is 10.1 Å². The van der Waals surface area contributed by atoms with Gasteiger partial charge in [-0.25, -0.2) is 13.6 Å².